The number of benzene rings is 1. The Balaban J connectivity index is 1.75. The summed E-state index contributed by atoms with van der Waals surface area (Å²) in [6.07, 6.45) is 3.83. The van der Waals surface area contributed by atoms with E-state index < -0.39 is 0 Å². The van der Waals surface area contributed by atoms with Gasteiger partial charge < -0.3 is 9.88 Å². The first-order chi connectivity index (χ1) is 11.5. The molecular weight excluding hydrogens is 298 g/mol. The third-order valence-electron chi connectivity index (χ3n) is 4.78. The lowest BCUT2D eigenvalue weighted by atomic mass is 10.0. The maximum absolute atomic E-state index is 11.9. The molecule has 24 heavy (non-hydrogen) atoms. The first-order valence-corrected chi connectivity index (χ1v) is 8.37. The van der Waals surface area contributed by atoms with Crippen LogP contribution in [-0.2, 0) is 11.8 Å². The second-order valence-corrected chi connectivity index (χ2v) is 6.80. The van der Waals surface area contributed by atoms with E-state index in [1.165, 1.54) is 16.7 Å². The molecule has 2 heterocycles. The molecule has 2 aromatic heterocycles. The number of anilines is 1. The number of carbonyl (C=O) groups excluding carboxylic acids is 1. The van der Waals surface area contributed by atoms with Crippen LogP contribution in [0.5, 0.6) is 0 Å². The standard InChI is InChI=1S/C20H21N3O/c1-12-4-7-16(13(2)8-12)18-9-15-11-21-19(10-17(15)23(18)3)22-20(24)14-5-6-14/h4,7-11,14H,5-6H2,1-3H3,(H,21,22,24). The Hall–Kier alpha value is -2.62. The molecule has 1 amide bonds. The molecule has 0 bridgehead atoms. The number of aromatic nitrogens is 2. The fraction of sp³-hybridized carbons (Fsp3) is 0.300. The van der Waals surface area contributed by atoms with Gasteiger partial charge in [-0.3, -0.25) is 4.79 Å². The molecule has 0 aliphatic heterocycles. The van der Waals surface area contributed by atoms with Gasteiger partial charge in [0.1, 0.15) is 5.82 Å². The SMILES string of the molecule is Cc1ccc(-c2cc3cnc(NC(=O)C4CC4)cc3n2C)c(C)c1. The minimum Gasteiger partial charge on any atom is -0.343 e. The van der Waals surface area contributed by atoms with Crippen molar-refractivity contribution in [1.29, 1.82) is 0 Å². The summed E-state index contributed by atoms with van der Waals surface area (Å²) in [5.74, 6) is 0.903. The average molecular weight is 319 g/mol. The monoisotopic (exact) mass is 319 g/mol. The summed E-state index contributed by atoms with van der Waals surface area (Å²) in [5, 5.41) is 4.01. The Morgan fingerprint density at radius 1 is 1.21 bits per heavy atom. The third-order valence-corrected chi connectivity index (χ3v) is 4.78. The van der Waals surface area contributed by atoms with E-state index in [1.54, 1.807) is 0 Å². The smallest absolute Gasteiger partial charge is 0.228 e. The van der Waals surface area contributed by atoms with Crippen LogP contribution in [-0.4, -0.2) is 15.5 Å². The normalized spacial score (nSPS) is 14.1. The van der Waals surface area contributed by atoms with Gasteiger partial charge in [-0.2, -0.15) is 0 Å². The fourth-order valence-electron chi connectivity index (χ4n) is 3.23. The maximum Gasteiger partial charge on any atom is 0.228 e. The number of pyridine rings is 1. The van der Waals surface area contributed by atoms with Gasteiger partial charge in [-0.15, -0.1) is 0 Å². The zero-order valence-corrected chi connectivity index (χ0v) is 14.3. The van der Waals surface area contributed by atoms with E-state index in [-0.39, 0.29) is 11.8 Å². The van der Waals surface area contributed by atoms with Crippen molar-refractivity contribution >= 4 is 22.6 Å². The Morgan fingerprint density at radius 2 is 2.00 bits per heavy atom. The van der Waals surface area contributed by atoms with Gasteiger partial charge >= 0.3 is 0 Å². The highest BCUT2D eigenvalue weighted by atomic mass is 16.2. The molecular formula is C20H21N3O. The molecule has 4 heteroatoms. The second-order valence-electron chi connectivity index (χ2n) is 6.80. The number of nitrogens with one attached hydrogen (secondary N) is 1. The molecule has 4 rings (SSSR count). The molecule has 3 aromatic rings. The van der Waals surface area contributed by atoms with Crippen LogP contribution in [0, 0.1) is 19.8 Å². The van der Waals surface area contributed by atoms with Gasteiger partial charge in [0.2, 0.25) is 5.91 Å². The molecule has 1 aliphatic carbocycles. The Labute approximate surface area is 141 Å². The van der Waals surface area contributed by atoms with Gasteiger partial charge in [-0.25, -0.2) is 4.98 Å². The van der Waals surface area contributed by atoms with Gasteiger partial charge in [0.05, 0.1) is 5.52 Å². The van der Waals surface area contributed by atoms with E-state index in [1.807, 2.05) is 12.3 Å². The summed E-state index contributed by atoms with van der Waals surface area (Å²) >= 11 is 0. The van der Waals surface area contributed by atoms with Gasteiger partial charge in [0.25, 0.3) is 0 Å². The van der Waals surface area contributed by atoms with E-state index in [0.717, 1.165) is 29.4 Å². The van der Waals surface area contributed by atoms with Crippen molar-refractivity contribution in [1.82, 2.24) is 9.55 Å². The van der Waals surface area contributed by atoms with Crippen LogP contribution in [0.25, 0.3) is 22.2 Å². The predicted octanol–water partition coefficient (Wildman–Crippen LogP) is 4.21. The average Bonchev–Trinajstić information content (AvgIpc) is 3.34. The highest BCUT2D eigenvalue weighted by Gasteiger charge is 2.29. The molecule has 0 spiro atoms. The number of rotatable bonds is 3. The number of hydrogen-bond acceptors (Lipinski definition) is 2. The molecule has 0 unspecified atom stereocenters. The van der Waals surface area contributed by atoms with Crippen LogP contribution in [0.1, 0.15) is 24.0 Å². The first kappa shape index (κ1) is 14.9. The molecule has 1 N–H and O–H groups in total. The summed E-state index contributed by atoms with van der Waals surface area (Å²) in [4.78, 5) is 16.3. The Bertz CT molecular complexity index is 951. The summed E-state index contributed by atoms with van der Waals surface area (Å²) in [5.41, 5.74) is 5.99. The molecule has 1 saturated carbocycles. The zero-order chi connectivity index (χ0) is 16.8. The van der Waals surface area contributed by atoms with Crippen molar-refractivity contribution < 1.29 is 4.79 Å². The van der Waals surface area contributed by atoms with Gasteiger partial charge in [0, 0.05) is 41.9 Å². The highest BCUT2D eigenvalue weighted by Crippen LogP contribution is 2.32. The lowest BCUT2D eigenvalue weighted by Gasteiger charge is -2.09. The van der Waals surface area contributed by atoms with Crippen LogP contribution in [0.15, 0.2) is 36.5 Å². The Morgan fingerprint density at radius 3 is 2.71 bits per heavy atom. The van der Waals surface area contributed by atoms with Crippen LogP contribution >= 0.6 is 0 Å². The number of nitrogens with zero attached hydrogens (tertiary/aromatic N) is 2. The number of hydrogen-bond donors (Lipinski definition) is 1. The molecule has 4 nitrogen and oxygen atoms in total. The maximum atomic E-state index is 11.9. The van der Waals surface area contributed by atoms with Crippen LogP contribution in [0.3, 0.4) is 0 Å². The summed E-state index contributed by atoms with van der Waals surface area (Å²) in [7, 11) is 2.06. The van der Waals surface area contributed by atoms with E-state index in [4.69, 9.17) is 0 Å². The van der Waals surface area contributed by atoms with Crippen LogP contribution < -0.4 is 5.32 Å². The van der Waals surface area contributed by atoms with Crippen molar-refractivity contribution in [2.24, 2.45) is 13.0 Å². The molecule has 1 fully saturated rings. The molecule has 0 saturated heterocycles. The van der Waals surface area contributed by atoms with E-state index in [9.17, 15) is 4.79 Å². The molecule has 1 aromatic carbocycles. The van der Waals surface area contributed by atoms with Gasteiger partial charge in [-0.1, -0.05) is 23.8 Å². The third kappa shape index (κ3) is 2.58. The summed E-state index contributed by atoms with van der Waals surface area (Å²) < 4.78 is 2.17. The minimum atomic E-state index is 0.0886. The van der Waals surface area contributed by atoms with E-state index >= 15 is 0 Å². The van der Waals surface area contributed by atoms with Crippen LogP contribution in [0.2, 0.25) is 0 Å². The molecule has 1 aliphatic rings. The van der Waals surface area contributed by atoms with Crippen molar-refractivity contribution in [2.75, 3.05) is 5.32 Å². The quantitative estimate of drug-likeness (QED) is 0.786. The van der Waals surface area contributed by atoms with Crippen LogP contribution in [0.4, 0.5) is 5.82 Å². The zero-order valence-electron chi connectivity index (χ0n) is 14.3. The molecule has 0 radical (unpaired) electrons. The van der Waals surface area contributed by atoms with Crippen molar-refractivity contribution in [3.8, 4) is 11.3 Å². The van der Waals surface area contributed by atoms with Crippen molar-refractivity contribution in [3.05, 3.63) is 47.7 Å². The number of aryl methyl sites for hydroxylation is 3. The molecule has 0 atom stereocenters. The minimum absolute atomic E-state index is 0.0886. The topological polar surface area (TPSA) is 46.9 Å². The summed E-state index contributed by atoms with van der Waals surface area (Å²) in [6, 6.07) is 10.6. The number of carbonyl (C=O) groups is 1. The largest absolute Gasteiger partial charge is 0.343 e. The number of fused-ring (bicyclic) bond motifs is 1. The van der Waals surface area contributed by atoms with E-state index in [0.29, 0.717) is 5.82 Å². The lowest BCUT2D eigenvalue weighted by molar-refractivity contribution is -0.117. The number of amides is 1. The second kappa shape index (κ2) is 5.48. The Kier molecular flexibility index (Phi) is 3.41. The first-order valence-electron chi connectivity index (χ1n) is 8.37. The predicted molar refractivity (Wildman–Crippen MR) is 97.0 cm³/mol. The molecule has 122 valence electrons. The fourth-order valence-corrected chi connectivity index (χ4v) is 3.23. The van der Waals surface area contributed by atoms with Crippen molar-refractivity contribution in [3.63, 3.8) is 0 Å². The van der Waals surface area contributed by atoms with Gasteiger partial charge in [0.15, 0.2) is 0 Å². The summed E-state index contributed by atoms with van der Waals surface area (Å²) in [6.45, 7) is 4.25. The highest BCUT2D eigenvalue weighted by molar-refractivity contribution is 5.95. The van der Waals surface area contributed by atoms with Crippen molar-refractivity contribution in [2.45, 2.75) is 26.7 Å². The van der Waals surface area contributed by atoms with Gasteiger partial charge in [-0.05, 0) is 38.3 Å². The lowest BCUT2D eigenvalue weighted by Crippen LogP contribution is -2.14. The van der Waals surface area contributed by atoms with E-state index in [2.05, 4.69) is 60.0 Å².